The second kappa shape index (κ2) is 22.6. The smallest absolute Gasteiger partial charge is 0.417 e. The summed E-state index contributed by atoms with van der Waals surface area (Å²) in [6, 6.07) is 15.2. The van der Waals surface area contributed by atoms with Gasteiger partial charge in [0.25, 0.3) is 0 Å². The van der Waals surface area contributed by atoms with Crippen molar-refractivity contribution in [2.75, 3.05) is 53.1 Å². The predicted molar refractivity (Wildman–Crippen MR) is 239 cm³/mol. The van der Waals surface area contributed by atoms with E-state index in [4.69, 9.17) is 33.3 Å². The molecular weight excluding hydrogens is 826 g/mol. The normalized spacial score (nSPS) is 22.4. The van der Waals surface area contributed by atoms with Gasteiger partial charge in [0.2, 0.25) is 5.79 Å². The van der Waals surface area contributed by atoms with Gasteiger partial charge in [0, 0.05) is 43.7 Å². The van der Waals surface area contributed by atoms with Gasteiger partial charge in [-0.15, -0.1) is 13.2 Å². The lowest BCUT2D eigenvalue weighted by Crippen LogP contribution is -2.70. The number of fused-ring (bicyclic) bond motifs is 2. The molecule has 0 spiro atoms. The lowest BCUT2D eigenvalue weighted by atomic mass is 9.55. The molecule has 3 aromatic rings. The summed E-state index contributed by atoms with van der Waals surface area (Å²) in [5.74, 6) is -1.52. The summed E-state index contributed by atoms with van der Waals surface area (Å²) in [4.78, 5) is 35.1. The van der Waals surface area contributed by atoms with E-state index in [0.717, 1.165) is 24.0 Å². The van der Waals surface area contributed by atoms with Gasteiger partial charge in [0.05, 0.1) is 44.8 Å². The number of halogens is 1. The molecular formula is C49H60FN3O11. The highest BCUT2D eigenvalue weighted by Gasteiger charge is 2.65. The van der Waals surface area contributed by atoms with Crippen molar-refractivity contribution >= 4 is 23.6 Å². The van der Waals surface area contributed by atoms with Crippen LogP contribution in [0.25, 0.3) is 0 Å². The molecule has 1 saturated carbocycles. The largest absolute Gasteiger partial charge is 0.497 e. The minimum absolute atomic E-state index is 0.00850. The Morgan fingerprint density at radius 3 is 2.39 bits per heavy atom. The fourth-order valence-corrected chi connectivity index (χ4v) is 9.37. The third-order valence-electron chi connectivity index (χ3n) is 12.1. The molecule has 0 unspecified atom stereocenters. The van der Waals surface area contributed by atoms with Crippen LogP contribution in [0.2, 0.25) is 0 Å². The number of nitrogens with one attached hydrogen (secondary N) is 1. The molecule has 3 aliphatic rings. The minimum Gasteiger partial charge on any atom is -0.497 e. The molecule has 1 fully saturated rings. The van der Waals surface area contributed by atoms with Crippen molar-refractivity contribution in [2.24, 2.45) is 22.9 Å². The molecule has 2 aliphatic carbocycles. The molecule has 6 rings (SSSR count). The molecule has 0 aromatic heterocycles. The molecule has 344 valence electrons. The van der Waals surface area contributed by atoms with Gasteiger partial charge in [0.1, 0.15) is 42.0 Å². The predicted octanol–water partition coefficient (Wildman–Crippen LogP) is 8.93. The zero-order valence-corrected chi connectivity index (χ0v) is 36.8. The number of hydrogen-bond donors (Lipinski definition) is 3. The summed E-state index contributed by atoms with van der Waals surface area (Å²) in [5, 5.41) is 27.2. The van der Waals surface area contributed by atoms with Gasteiger partial charge >= 0.3 is 12.2 Å². The van der Waals surface area contributed by atoms with E-state index in [2.05, 4.69) is 29.7 Å². The van der Waals surface area contributed by atoms with E-state index < -0.39 is 41.7 Å². The SMILES string of the molecule is C=CCCOC(=O)N(Cc1ccc(F)cc1)[C@H]1CC(=NOC)C2=C[C@H](CCCCO)[C@@H](CCCCO)[C@@H]3c4cc(OC(=O)Nc5ccc(OC)cc5OC)ccc4O[C@@]1(OCC=C)[C@H]23. The topological polar surface area (TPSA) is 167 Å². The Balaban J connectivity index is 1.53. The van der Waals surface area contributed by atoms with Crippen LogP contribution >= 0.6 is 0 Å². The number of rotatable bonds is 22. The average molecular weight is 886 g/mol. The summed E-state index contributed by atoms with van der Waals surface area (Å²) >= 11 is 0. The van der Waals surface area contributed by atoms with E-state index in [1.165, 1.54) is 33.5 Å². The Morgan fingerprint density at radius 2 is 1.70 bits per heavy atom. The van der Waals surface area contributed by atoms with Gasteiger partial charge in [-0.05, 0) is 97.5 Å². The quantitative estimate of drug-likeness (QED) is 0.0501. The minimum atomic E-state index is -1.59. The first-order chi connectivity index (χ1) is 31.1. The lowest BCUT2D eigenvalue weighted by Gasteiger charge is -2.59. The maximum absolute atomic E-state index is 14.5. The number of carbonyl (C=O) groups excluding carboxylic acids is 2. The van der Waals surface area contributed by atoms with Crippen LogP contribution in [-0.2, 0) is 20.9 Å². The van der Waals surface area contributed by atoms with Crippen LogP contribution in [0.15, 0.2) is 103 Å². The van der Waals surface area contributed by atoms with Crippen molar-refractivity contribution in [1.82, 2.24) is 4.90 Å². The van der Waals surface area contributed by atoms with Crippen molar-refractivity contribution < 1.29 is 57.5 Å². The first-order valence-corrected chi connectivity index (χ1v) is 21.8. The summed E-state index contributed by atoms with van der Waals surface area (Å²) in [6.07, 6.45) is 8.73. The zero-order valence-electron chi connectivity index (χ0n) is 36.8. The first kappa shape index (κ1) is 47.6. The number of carbonyl (C=O) groups is 2. The molecule has 0 radical (unpaired) electrons. The molecule has 14 nitrogen and oxygen atoms in total. The summed E-state index contributed by atoms with van der Waals surface area (Å²) in [7, 11) is 4.49. The van der Waals surface area contributed by atoms with Crippen LogP contribution in [0.3, 0.4) is 0 Å². The van der Waals surface area contributed by atoms with Crippen LogP contribution < -0.4 is 24.3 Å². The van der Waals surface area contributed by atoms with Crippen LogP contribution in [0.5, 0.6) is 23.0 Å². The second-order valence-electron chi connectivity index (χ2n) is 16.0. The number of aliphatic hydroxyl groups is 2. The van der Waals surface area contributed by atoms with E-state index >= 15 is 0 Å². The number of benzene rings is 3. The van der Waals surface area contributed by atoms with Crippen LogP contribution in [0.1, 0.15) is 68.4 Å². The molecule has 15 heteroatoms. The molecule has 1 heterocycles. The van der Waals surface area contributed by atoms with Gasteiger partial charge in [-0.2, -0.15) is 0 Å². The lowest BCUT2D eigenvalue weighted by molar-refractivity contribution is -0.256. The van der Waals surface area contributed by atoms with E-state index in [1.54, 1.807) is 59.5 Å². The van der Waals surface area contributed by atoms with Crippen LogP contribution in [-0.4, -0.2) is 92.6 Å². The molecule has 64 heavy (non-hydrogen) atoms. The number of hydrogen-bond acceptors (Lipinski definition) is 12. The van der Waals surface area contributed by atoms with Crippen molar-refractivity contribution in [3.05, 3.63) is 115 Å². The number of unbranched alkanes of at least 4 members (excludes halogenated alkanes) is 2. The van der Waals surface area contributed by atoms with Gasteiger partial charge in [-0.1, -0.05) is 48.4 Å². The molecule has 1 aliphatic heterocycles. The fraction of sp³-hybridized carbons (Fsp3) is 0.449. The highest BCUT2D eigenvalue weighted by molar-refractivity contribution is 6.03. The Bertz CT molecular complexity index is 2150. The molecule has 3 aromatic carbocycles. The van der Waals surface area contributed by atoms with Crippen molar-refractivity contribution in [3.8, 4) is 23.0 Å². The summed E-state index contributed by atoms with van der Waals surface area (Å²) < 4.78 is 51.1. The van der Waals surface area contributed by atoms with Crippen molar-refractivity contribution in [3.63, 3.8) is 0 Å². The Morgan fingerprint density at radius 1 is 0.953 bits per heavy atom. The third kappa shape index (κ3) is 10.7. The Labute approximate surface area is 374 Å². The maximum atomic E-state index is 14.5. The van der Waals surface area contributed by atoms with Gasteiger partial charge in [-0.3, -0.25) is 10.2 Å². The zero-order chi connectivity index (χ0) is 45.6. The molecule has 6 atom stereocenters. The second-order valence-corrected chi connectivity index (χ2v) is 16.0. The van der Waals surface area contributed by atoms with Crippen LogP contribution in [0, 0.1) is 23.6 Å². The van der Waals surface area contributed by atoms with Gasteiger partial charge in [-0.25, -0.2) is 14.0 Å². The third-order valence-corrected chi connectivity index (χ3v) is 12.1. The number of methoxy groups -OCH3 is 2. The monoisotopic (exact) mass is 885 g/mol. The first-order valence-electron chi connectivity index (χ1n) is 21.8. The maximum Gasteiger partial charge on any atom is 0.417 e. The fourth-order valence-electron chi connectivity index (χ4n) is 9.37. The Kier molecular flexibility index (Phi) is 16.8. The number of oxime groups is 1. The number of allylic oxidation sites excluding steroid dienone is 1. The highest BCUT2D eigenvalue weighted by Crippen LogP contribution is 2.62. The molecule has 0 bridgehead atoms. The number of anilines is 1. The summed E-state index contributed by atoms with van der Waals surface area (Å²) in [6.45, 7) is 7.95. The number of ether oxygens (including phenoxy) is 6. The highest BCUT2D eigenvalue weighted by atomic mass is 19.1. The Hall–Kier alpha value is -5.90. The molecule has 3 N–H and O–H groups in total. The van der Waals surface area contributed by atoms with Gasteiger partial charge in [0.15, 0.2) is 0 Å². The average Bonchev–Trinajstić information content (AvgIpc) is 3.30. The summed E-state index contributed by atoms with van der Waals surface area (Å²) in [5.41, 5.74) is 3.17. The van der Waals surface area contributed by atoms with Crippen molar-refractivity contribution in [1.29, 1.82) is 0 Å². The number of amides is 2. The van der Waals surface area contributed by atoms with Crippen molar-refractivity contribution in [2.45, 2.75) is 75.7 Å². The van der Waals surface area contributed by atoms with Crippen LogP contribution in [0.4, 0.5) is 19.7 Å². The molecule has 2 amide bonds. The van der Waals surface area contributed by atoms with E-state index in [9.17, 15) is 24.2 Å². The standard InChI is InChI=1S/C49H60FN3O11/c1-6-8-26-61-48(57)53(31-32-15-17-34(50)18-16-32)44-30-41(52-60-5)38-27-33(13-9-11-23-54)37(14-10-12-24-55)45-39-28-36(20-22-42(39)64-49(44,46(38)45)62-25-7-2)63-47(56)51-40-21-19-35(58-3)29-43(40)59-4/h6-7,15-22,27-29,33,37,44-46,54-55H,1-2,8-14,23-26,30-31H2,3-5H3,(H,51,56)/t33-,37+,44-,45+,46+,49+/m0/s1. The van der Waals surface area contributed by atoms with E-state index in [0.29, 0.717) is 66.3 Å². The number of nitrogens with zero attached hydrogens (tertiary/aromatic N) is 2. The van der Waals surface area contributed by atoms with E-state index in [-0.39, 0.29) is 57.0 Å². The van der Waals surface area contributed by atoms with E-state index in [1.807, 2.05) is 6.07 Å². The van der Waals surface area contributed by atoms with Gasteiger partial charge < -0.3 is 43.5 Å². The number of aliphatic hydroxyl groups excluding tert-OH is 2. The molecule has 0 saturated heterocycles.